The molecule has 228 valence electrons. The van der Waals surface area contributed by atoms with Crippen molar-refractivity contribution >= 4 is 28.8 Å². The minimum atomic E-state index is -5.97. The third-order valence-electron chi connectivity index (χ3n) is 9.49. The van der Waals surface area contributed by atoms with Gasteiger partial charge in [-0.05, 0) is 0 Å². The van der Waals surface area contributed by atoms with Crippen LogP contribution in [0.15, 0.2) is 97.1 Å². The van der Waals surface area contributed by atoms with E-state index in [1.165, 1.54) is 10.8 Å². The fourth-order valence-electron chi connectivity index (χ4n) is 7.46. The summed E-state index contributed by atoms with van der Waals surface area (Å²) in [5.41, 5.74) is 2.94. The molecule has 4 saturated heterocycles. The molecule has 6 aliphatic rings. The van der Waals surface area contributed by atoms with Gasteiger partial charge in [0.15, 0.2) is 0 Å². The van der Waals surface area contributed by atoms with Crippen LogP contribution < -0.4 is 10.5 Å². The predicted molar refractivity (Wildman–Crippen MR) is 159 cm³/mol. The average Bonchev–Trinajstić information content (AvgIpc) is 3.86. The number of ether oxygens (including phenoxy) is 2. The van der Waals surface area contributed by atoms with Gasteiger partial charge in [0, 0.05) is 0 Å². The number of rotatable bonds is 7. The van der Waals surface area contributed by atoms with Gasteiger partial charge in [-0.15, -0.1) is 0 Å². The maximum atomic E-state index is 7.44. The zero-order valence-corrected chi connectivity index (χ0v) is 27.0. The van der Waals surface area contributed by atoms with Gasteiger partial charge in [-0.3, -0.25) is 0 Å². The third kappa shape index (κ3) is 3.79. The SMILES string of the molecule is Cc1cccc[c]1[Sb]([O]N1OC2C3C=CC(O3)C2O1)([O]N1OC2C3C=CC(O3)C2O1)([c]1ccccc1C)[c]1ccccc1C. The van der Waals surface area contributed by atoms with Crippen molar-refractivity contribution in [3.05, 3.63) is 114 Å². The van der Waals surface area contributed by atoms with Crippen LogP contribution in [0.2, 0.25) is 0 Å². The van der Waals surface area contributed by atoms with Crippen molar-refractivity contribution in [2.75, 3.05) is 0 Å². The Kier molecular flexibility index (Phi) is 6.34. The zero-order valence-electron chi connectivity index (χ0n) is 24.5. The minimum absolute atomic E-state index is 0.220. The van der Waals surface area contributed by atoms with E-state index in [1.54, 1.807) is 0 Å². The van der Waals surface area contributed by atoms with Crippen molar-refractivity contribution in [3.63, 3.8) is 0 Å². The molecule has 9 rings (SSSR count). The van der Waals surface area contributed by atoms with E-state index < -0.39 is 18.2 Å². The normalized spacial score (nSPS) is 34.5. The van der Waals surface area contributed by atoms with E-state index in [0.717, 1.165) is 27.2 Å². The summed E-state index contributed by atoms with van der Waals surface area (Å²) >= 11 is -5.97. The summed E-state index contributed by atoms with van der Waals surface area (Å²) in [5, 5.41) is 2.37. The van der Waals surface area contributed by atoms with Gasteiger partial charge in [-0.2, -0.15) is 0 Å². The fraction of sp³-hybridized carbons (Fsp3) is 0.333. The Morgan fingerprint density at radius 1 is 0.477 bits per heavy atom. The number of nitrogens with zero attached hydrogens (tertiary/aromatic N) is 2. The molecule has 4 fully saturated rings. The number of fused-ring (bicyclic) bond motifs is 10. The summed E-state index contributed by atoms with van der Waals surface area (Å²) in [4.78, 5) is 25.7. The van der Waals surface area contributed by atoms with Crippen molar-refractivity contribution in [2.45, 2.75) is 69.6 Å². The van der Waals surface area contributed by atoms with Gasteiger partial charge < -0.3 is 0 Å². The Hall–Kier alpha value is -2.44. The van der Waals surface area contributed by atoms with Gasteiger partial charge in [-0.25, -0.2) is 0 Å². The molecule has 0 aliphatic carbocycles. The van der Waals surface area contributed by atoms with Crippen LogP contribution in [-0.4, -0.2) is 77.8 Å². The second kappa shape index (κ2) is 10.0. The van der Waals surface area contributed by atoms with Crippen molar-refractivity contribution in [1.82, 2.24) is 10.8 Å². The first-order valence-corrected chi connectivity index (χ1v) is 20.9. The first kappa shape index (κ1) is 27.8. The van der Waals surface area contributed by atoms with Crippen LogP contribution in [0.5, 0.6) is 0 Å². The van der Waals surface area contributed by atoms with E-state index in [1.807, 2.05) is 60.7 Å². The van der Waals surface area contributed by atoms with E-state index in [4.69, 9.17) is 35.1 Å². The van der Waals surface area contributed by atoms with E-state index in [9.17, 15) is 0 Å². The predicted octanol–water partition coefficient (Wildman–Crippen LogP) is 2.40. The molecular formula is C33H33N2O8Sb. The average molecular weight is 707 g/mol. The van der Waals surface area contributed by atoms with E-state index in [-0.39, 0.29) is 48.8 Å². The van der Waals surface area contributed by atoms with Crippen LogP contribution in [0, 0.1) is 20.8 Å². The topological polar surface area (TPSA) is 80.3 Å². The van der Waals surface area contributed by atoms with Gasteiger partial charge >= 0.3 is 258 Å². The Labute approximate surface area is 257 Å². The summed E-state index contributed by atoms with van der Waals surface area (Å²) in [6.45, 7) is 6.21. The van der Waals surface area contributed by atoms with E-state index in [2.05, 4.69) is 57.2 Å². The number of benzene rings is 3. The number of aryl methyl sites for hydroxylation is 3. The molecule has 6 heterocycles. The molecule has 8 unspecified atom stereocenters. The van der Waals surface area contributed by atoms with E-state index in [0.29, 0.717) is 0 Å². The van der Waals surface area contributed by atoms with Crippen LogP contribution in [0.3, 0.4) is 0 Å². The third-order valence-corrected chi connectivity index (χ3v) is 23.8. The Morgan fingerprint density at radius 2 is 0.773 bits per heavy atom. The molecule has 0 spiro atoms. The van der Waals surface area contributed by atoms with Gasteiger partial charge in [0.05, 0.1) is 0 Å². The molecule has 10 nitrogen and oxygen atoms in total. The first-order valence-electron chi connectivity index (χ1n) is 15.0. The molecule has 3 aromatic carbocycles. The monoisotopic (exact) mass is 706 g/mol. The van der Waals surface area contributed by atoms with Gasteiger partial charge in [0.1, 0.15) is 0 Å². The van der Waals surface area contributed by atoms with Crippen molar-refractivity contribution in [3.8, 4) is 0 Å². The van der Waals surface area contributed by atoms with Crippen molar-refractivity contribution < 1.29 is 35.1 Å². The zero-order chi connectivity index (χ0) is 29.7. The van der Waals surface area contributed by atoms with Gasteiger partial charge in [-0.1, -0.05) is 0 Å². The molecule has 8 atom stereocenters. The van der Waals surface area contributed by atoms with E-state index >= 15 is 0 Å². The van der Waals surface area contributed by atoms with Gasteiger partial charge in [0.2, 0.25) is 0 Å². The molecule has 0 saturated carbocycles. The summed E-state index contributed by atoms with van der Waals surface area (Å²) in [7, 11) is 0. The summed E-state index contributed by atoms with van der Waals surface area (Å²) < 4.78 is 29.5. The van der Waals surface area contributed by atoms with Crippen LogP contribution in [0.1, 0.15) is 16.7 Å². The molecule has 0 radical (unpaired) electrons. The Bertz CT molecular complexity index is 1490. The number of hydrogen-bond acceptors (Lipinski definition) is 10. The quantitative estimate of drug-likeness (QED) is 0.270. The molecule has 6 aliphatic heterocycles. The molecule has 0 amide bonds. The molecule has 0 aromatic heterocycles. The van der Waals surface area contributed by atoms with Crippen molar-refractivity contribution in [1.29, 1.82) is 0 Å². The Balaban J connectivity index is 1.28. The first-order chi connectivity index (χ1) is 21.4. The summed E-state index contributed by atoms with van der Waals surface area (Å²) in [6, 6.07) is 24.5. The van der Waals surface area contributed by atoms with Gasteiger partial charge in [0.25, 0.3) is 0 Å². The molecule has 0 N–H and O–H groups in total. The standard InChI is InChI=1S/3C7H7.2C6H6NO4.Sb/c3*1-7-5-3-2-4-6-7;2*8-7-10-5-3-1-2-4(9-3)6(5)11-7;/h3*2-5H,1H3;2*1-6H;/q;;;2*-1;+2. The molecule has 44 heavy (non-hydrogen) atoms. The van der Waals surface area contributed by atoms with Crippen LogP contribution >= 0.6 is 0 Å². The summed E-state index contributed by atoms with van der Waals surface area (Å²) in [5.74, 6) is 0. The number of hydrogen-bond donors (Lipinski definition) is 0. The second-order valence-corrected chi connectivity index (χ2v) is 22.6. The molecule has 3 aromatic rings. The van der Waals surface area contributed by atoms with Crippen LogP contribution in [0.4, 0.5) is 0 Å². The van der Waals surface area contributed by atoms with Crippen molar-refractivity contribution in [2.24, 2.45) is 0 Å². The molecular weight excluding hydrogens is 674 g/mol. The Morgan fingerprint density at radius 3 is 1.07 bits per heavy atom. The molecule has 11 heteroatoms. The molecule has 4 bridgehead atoms. The second-order valence-electron chi connectivity index (χ2n) is 12.1. The van der Waals surface area contributed by atoms with Crippen LogP contribution in [-0.2, 0) is 35.1 Å². The maximum absolute atomic E-state index is 7.44. The summed E-state index contributed by atoms with van der Waals surface area (Å²) in [6.07, 6.45) is 5.76. The fourth-order valence-corrected chi connectivity index (χ4v) is 22.3. The van der Waals surface area contributed by atoms with Crippen LogP contribution in [0.25, 0.3) is 0 Å².